The van der Waals surface area contributed by atoms with E-state index in [0.29, 0.717) is 17.9 Å². The van der Waals surface area contributed by atoms with E-state index in [9.17, 15) is 14.4 Å². The number of piperazine rings is 1. The van der Waals surface area contributed by atoms with Crippen molar-refractivity contribution < 1.29 is 23.9 Å². The van der Waals surface area contributed by atoms with Crippen molar-refractivity contribution in [1.29, 1.82) is 0 Å². The maximum absolute atomic E-state index is 12.9. The number of rotatable bonds is 2. The van der Waals surface area contributed by atoms with Crippen LogP contribution in [-0.2, 0) is 14.3 Å². The second kappa shape index (κ2) is 6.93. The maximum atomic E-state index is 12.9. The molecule has 1 aliphatic rings. The van der Waals surface area contributed by atoms with Crippen LogP contribution in [-0.4, -0.2) is 59.2 Å². The number of carbonyl (C=O) groups is 3. The van der Waals surface area contributed by atoms with E-state index < -0.39 is 23.2 Å². The minimum Gasteiger partial charge on any atom is -0.465 e. The number of hydrogen-bond acceptors (Lipinski definition) is 6. The summed E-state index contributed by atoms with van der Waals surface area (Å²) in [6.45, 7) is 9.29. The quantitative estimate of drug-likeness (QED) is 0.749. The molecule has 2 rings (SSSR count). The SMILES string of the molecule is COC(=O)c1ccc(N2CCN(C(=O)OC(C)(C)C)C(C)(C)C2=O)nc1. The van der Waals surface area contributed by atoms with E-state index >= 15 is 0 Å². The van der Waals surface area contributed by atoms with Gasteiger partial charge in [0.15, 0.2) is 0 Å². The number of aromatic nitrogens is 1. The maximum Gasteiger partial charge on any atom is 0.411 e. The van der Waals surface area contributed by atoms with E-state index in [4.69, 9.17) is 4.74 Å². The number of pyridine rings is 1. The lowest BCUT2D eigenvalue weighted by Gasteiger charge is -2.45. The van der Waals surface area contributed by atoms with Crippen LogP contribution in [0.3, 0.4) is 0 Å². The van der Waals surface area contributed by atoms with Gasteiger partial charge in [0.1, 0.15) is 17.0 Å². The monoisotopic (exact) mass is 363 g/mol. The topological polar surface area (TPSA) is 89.0 Å². The van der Waals surface area contributed by atoms with Gasteiger partial charge in [-0.2, -0.15) is 0 Å². The predicted octanol–water partition coefficient (Wildman–Crippen LogP) is 2.23. The number of methoxy groups -OCH3 is 1. The minimum absolute atomic E-state index is 0.270. The number of ether oxygens (including phenoxy) is 2. The Kier molecular flexibility index (Phi) is 5.25. The highest BCUT2D eigenvalue weighted by atomic mass is 16.6. The molecule has 2 amide bonds. The summed E-state index contributed by atoms with van der Waals surface area (Å²) in [6, 6.07) is 3.14. The van der Waals surface area contributed by atoms with Crippen LogP contribution in [0.1, 0.15) is 45.0 Å². The van der Waals surface area contributed by atoms with Gasteiger partial charge in [-0.15, -0.1) is 0 Å². The number of esters is 1. The number of carbonyl (C=O) groups excluding carboxylic acids is 3. The molecular weight excluding hydrogens is 338 g/mol. The molecule has 0 atom stereocenters. The molecule has 0 unspecified atom stereocenters. The van der Waals surface area contributed by atoms with Crippen molar-refractivity contribution in [3.05, 3.63) is 23.9 Å². The Balaban J connectivity index is 2.20. The van der Waals surface area contributed by atoms with Gasteiger partial charge in [0.25, 0.3) is 5.91 Å². The first-order valence-electron chi connectivity index (χ1n) is 8.34. The zero-order chi connectivity index (χ0) is 19.7. The Hall–Kier alpha value is -2.64. The van der Waals surface area contributed by atoms with Gasteiger partial charge >= 0.3 is 12.1 Å². The normalized spacial score (nSPS) is 17.1. The highest BCUT2D eigenvalue weighted by molar-refractivity contribution is 6.02. The molecule has 142 valence electrons. The molecule has 1 aromatic heterocycles. The van der Waals surface area contributed by atoms with E-state index in [-0.39, 0.29) is 12.5 Å². The fourth-order valence-corrected chi connectivity index (χ4v) is 2.67. The molecule has 1 fully saturated rings. The molecule has 0 radical (unpaired) electrons. The summed E-state index contributed by atoms with van der Waals surface area (Å²) < 4.78 is 10.0. The first-order chi connectivity index (χ1) is 12.0. The number of anilines is 1. The average Bonchev–Trinajstić information content (AvgIpc) is 2.55. The molecule has 26 heavy (non-hydrogen) atoms. The van der Waals surface area contributed by atoms with E-state index in [0.717, 1.165) is 0 Å². The molecule has 0 aromatic carbocycles. The lowest BCUT2D eigenvalue weighted by atomic mass is 9.98. The van der Waals surface area contributed by atoms with Crippen LogP contribution in [0.15, 0.2) is 18.3 Å². The molecular formula is C18H25N3O5. The second-order valence-corrected chi connectivity index (χ2v) is 7.54. The fourth-order valence-electron chi connectivity index (χ4n) is 2.67. The van der Waals surface area contributed by atoms with Crippen molar-refractivity contribution >= 4 is 23.8 Å². The minimum atomic E-state index is -1.08. The molecule has 0 saturated carbocycles. The molecule has 0 aliphatic carbocycles. The van der Waals surface area contributed by atoms with E-state index in [1.807, 2.05) is 0 Å². The summed E-state index contributed by atoms with van der Waals surface area (Å²) in [6.07, 6.45) is 0.839. The lowest BCUT2D eigenvalue weighted by Crippen LogP contribution is -2.65. The van der Waals surface area contributed by atoms with Crippen LogP contribution in [0.2, 0.25) is 0 Å². The number of amides is 2. The lowest BCUT2D eigenvalue weighted by molar-refractivity contribution is -0.131. The summed E-state index contributed by atoms with van der Waals surface area (Å²) in [5.74, 6) is -0.349. The van der Waals surface area contributed by atoms with Crippen LogP contribution in [0, 0.1) is 0 Å². The van der Waals surface area contributed by atoms with Crippen LogP contribution >= 0.6 is 0 Å². The summed E-state index contributed by atoms with van der Waals surface area (Å²) in [7, 11) is 1.29. The van der Waals surface area contributed by atoms with Crippen molar-refractivity contribution in [2.24, 2.45) is 0 Å². The molecule has 0 N–H and O–H groups in total. The van der Waals surface area contributed by atoms with Crippen LogP contribution in [0.5, 0.6) is 0 Å². The molecule has 0 spiro atoms. The molecule has 1 aromatic rings. The Labute approximate surface area is 153 Å². The third kappa shape index (κ3) is 3.95. The summed E-state index contributed by atoms with van der Waals surface area (Å²) >= 11 is 0. The van der Waals surface area contributed by atoms with Gasteiger partial charge < -0.3 is 9.47 Å². The van der Waals surface area contributed by atoms with Gasteiger partial charge in [-0.05, 0) is 46.8 Å². The fraction of sp³-hybridized carbons (Fsp3) is 0.556. The second-order valence-electron chi connectivity index (χ2n) is 7.54. The number of nitrogens with zero attached hydrogens (tertiary/aromatic N) is 3. The Bertz CT molecular complexity index is 707. The highest BCUT2D eigenvalue weighted by Crippen LogP contribution is 2.27. The van der Waals surface area contributed by atoms with Crippen LogP contribution < -0.4 is 4.90 Å². The van der Waals surface area contributed by atoms with Crippen molar-refractivity contribution in [1.82, 2.24) is 9.88 Å². The number of hydrogen-bond donors (Lipinski definition) is 0. The van der Waals surface area contributed by atoms with Crippen LogP contribution in [0.4, 0.5) is 10.6 Å². The average molecular weight is 363 g/mol. The molecule has 0 bridgehead atoms. The van der Waals surface area contributed by atoms with E-state index in [1.165, 1.54) is 23.1 Å². The first kappa shape index (κ1) is 19.7. The van der Waals surface area contributed by atoms with E-state index in [2.05, 4.69) is 9.72 Å². The summed E-state index contributed by atoms with van der Waals surface area (Å²) in [5.41, 5.74) is -1.42. The van der Waals surface area contributed by atoms with Gasteiger partial charge in [0, 0.05) is 19.3 Å². The molecule has 1 aliphatic heterocycles. The largest absolute Gasteiger partial charge is 0.465 e. The van der Waals surface area contributed by atoms with Crippen molar-refractivity contribution in [2.75, 3.05) is 25.1 Å². The Morgan fingerprint density at radius 3 is 2.35 bits per heavy atom. The van der Waals surface area contributed by atoms with Crippen LogP contribution in [0.25, 0.3) is 0 Å². The highest BCUT2D eigenvalue weighted by Gasteiger charge is 2.46. The van der Waals surface area contributed by atoms with Crippen molar-refractivity contribution in [3.63, 3.8) is 0 Å². The zero-order valence-corrected chi connectivity index (χ0v) is 16.0. The van der Waals surface area contributed by atoms with Gasteiger partial charge in [0.05, 0.1) is 12.7 Å². The third-order valence-corrected chi connectivity index (χ3v) is 4.05. The summed E-state index contributed by atoms with van der Waals surface area (Å²) in [4.78, 5) is 44.0. The van der Waals surface area contributed by atoms with Gasteiger partial charge in [0.2, 0.25) is 0 Å². The smallest absolute Gasteiger partial charge is 0.411 e. The summed E-state index contributed by atoms with van der Waals surface area (Å²) in [5, 5.41) is 0. The van der Waals surface area contributed by atoms with Crippen molar-refractivity contribution in [2.45, 2.75) is 45.8 Å². The van der Waals surface area contributed by atoms with Gasteiger partial charge in [-0.3, -0.25) is 14.6 Å². The van der Waals surface area contributed by atoms with Crippen molar-refractivity contribution in [3.8, 4) is 0 Å². The standard InChI is InChI=1S/C18H25N3O5/c1-17(2,3)26-16(24)21-10-9-20(15(23)18(21,4)5)13-8-7-12(11-19-13)14(22)25-6/h7-8,11H,9-10H2,1-6H3. The van der Waals surface area contributed by atoms with Gasteiger partial charge in [-0.25, -0.2) is 14.6 Å². The zero-order valence-electron chi connectivity index (χ0n) is 16.0. The Morgan fingerprint density at radius 2 is 1.85 bits per heavy atom. The predicted molar refractivity (Wildman–Crippen MR) is 94.9 cm³/mol. The molecule has 8 nitrogen and oxygen atoms in total. The molecule has 1 saturated heterocycles. The van der Waals surface area contributed by atoms with E-state index in [1.54, 1.807) is 46.8 Å². The Morgan fingerprint density at radius 1 is 1.19 bits per heavy atom. The van der Waals surface area contributed by atoms with Gasteiger partial charge in [-0.1, -0.05) is 0 Å². The molecule has 2 heterocycles. The molecule has 8 heteroatoms. The first-order valence-corrected chi connectivity index (χ1v) is 8.34. The third-order valence-electron chi connectivity index (χ3n) is 4.05.